The fourth-order valence-electron chi connectivity index (χ4n) is 1.12. The van der Waals surface area contributed by atoms with Crippen molar-refractivity contribution in [3.63, 3.8) is 0 Å². The van der Waals surface area contributed by atoms with E-state index in [4.69, 9.17) is 15.2 Å². The molecule has 0 fully saturated rings. The van der Waals surface area contributed by atoms with Crippen LogP contribution in [0.5, 0.6) is 0 Å². The molecule has 16 heavy (non-hydrogen) atoms. The number of likely N-dealkylation sites (N-methyl/N-ethyl adjacent to an activating group) is 1. The van der Waals surface area contributed by atoms with Crippen molar-refractivity contribution in [3.05, 3.63) is 0 Å². The summed E-state index contributed by atoms with van der Waals surface area (Å²) in [5, 5.41) is 2.75. The molecule has 3 N–H and O–H groups in total. The summed E-state index contributed by atoms with van der Waals surface area (Å²) in [6.45, 7) is 3.13. The van der Waals surface area contributed by atoms with E-state index in [0.29, 0.717) is 13.2 Å². The number of hydrogen-bond donors (Lipinski definition) is 2. The van der Waals surface area contributed by atoms with E-state index in [9.17, 15) is 4.79 Å². The van der Waals surface area contributed by atoms with Crippen LogP contribution in [0.2, 0.25) is 0 Å². The van der Waals surface area contributed by atoms with Crippen LogP contribution in [0.1, 0.15) is 0 Å². The zero-order valence-electron chi connectivity index (χ0n) is 10.4. The highest BCUT2D eigenvalue weighted by Gasteiger charge is 2.11. The van der Waals surface area contributed by atoms with Crippen molar-refractivity contribution in [1.82, 2.24) is 10.2 Å². The van der Waals surface area contributed by atoms with Gasteiger partial charge in [0.25, 0.3) is 0 Å². The van der Waals surface area contributed by atoms with Crippen LogP contribution in [-0.2, 0) is 14.3 Å². The van der Waals surface area contributed by atoms with E-state index in [1.54, 1.807) is 7.11 Å². The van der Waals surface area contributed by atoms with Gasteiger partial charge in [-0.2, -0.15) is 0 Å². The highest BCUT2D eigenvalue weighted by Crippen LogP contribution is 1.83. The van der Waals surface area contributed by atoms with Crippen molar-refractivity contribution >= 4 is 5.91 Å². The topological polar surface area (TPSA) is 76.8 Å². The maximum absolute atomic E-state index is 11.4. The molecule has 0 aliphatic carbocycles. The third-order valence-electron chi connectivity index (χ3n) is 2.15. The Labute approximate surface area is 97.1 Å². The molecule has 0 heterocycles. The quantitative estimate of drug-likeness (QED) is 0.515. The van der Waals surface area contributed by atoms with Crippen molar-refractivity contribution in [2.75, 3.05) is 54.1 Å². The number of methoxy groups -OCH3 is 2. The Morgan fingerprint density at radius 1 is 1.38 bits per heavy atom. The highest BCUT2D eigenvalue weighted by molar-refractivity contribution is 5.81. The van der Waals surface area contributed by atoms with E-state index >= 15 is 0 Å². The van der Waals surface area contributed by atoms with Gasteiger partial charge in [-0.15, -0.1) is 0 Å². The number of amides is 1. The van der Waals surface area contributed by atoms with Crippen molar-refractivity contribution in [2.24, 2.45) is 5.73 Å². The average Bonchev–Trinajstić information content (AvgIpc) is 2.26. The lowest BCUT2D eigenvalue weighted by atomic mass is 10.3. The van der Waals surface area contributed by atoms with Crippen LogP contribution in [0.25, 0.3) is 0 Å². The second-order valence-electron chi connectivity index (χ2n) is 3.65. The van der Waals surface area contributed by atoms with Gasteiger partial charge in [-0.1, -0.05) is 0 Å². The number of rotatable bonds is 9. The minimum Gasteiger partial charge on any atom is -0.383 e. The molecule has 1 atom stereocenters. The number of carbonyl (C=O) groups is 1. The van der Waals surface area contributed by atoms with E-state index in [-0.39, 0.29) is 12.5 Å². The van der Waals surface area contributed by atoms with E-state index in [0.717, 1.165) is 13.1 Å². The Morgan fingerprint density at radius 2 is 2.06 bits per heavy atom. The van der Waals surface area contributed by atoms with Gasteiger partial charge in [0.05, 0.1) is 13.2 Å². The summed E-state index contributed by atoms with van der Waals surface area (Å²) in [7, 11) is 5.16. The first kappa shape index (κ1) is 15.3. The molecule has 6 heteroatoms. The molecule has 96 valence electrons. The smallest absolute Gasteiger partial charge is 0.239 e. The fourth-order valence-corrected chi connectivity index (χ4v) is 1.12. The minimum atomic E-state index is -0.589. The number of nitrogens with two attached hydrogens (primary N) is 1. The molecule has 0 rings (SSSR count). The van der Waals surface area contributed by atoms with E-state index in [2.05, 4.69) is 10.2 Å². The van der Waals surface area contributed by atoms with Crippen LogP contribution in [0.4, 0.5) is 0 Å². The monoisotopic (exact) mass is 233 g/mol. The van der Waals surface area contributed by atoms with Gasteiger partial charge in [0.2, 0.25) is 5.91 Å². The van der Waals surface area contributed by atoms with E-state index < -0.39 is 6.04 Å². The molecule has 0 aromatic rings. The fraction of sp³-hybridized carbons (Fsp3) is 0.900. The van der Waals surface area contributed by atoms with Crippen LogP contribution in [0.3, 0.4) is 0 Å². The summed E-state index contributed by atoms with van der Waals surface area (Å²) in [6, 6.07) is -0.589. The zero-order valence-corrected chi connectivity index (χ0v) is 10.4. The number of nitrogens with zero attached hydrogens (tertiary/aromatic N) is 1. The van der Waals surface area contributed by atoms with Gasteiger partial charge >= 0.3 is 0 Å². The van der Waals surface area contributed by atoms with Crippen LogP contribution in [0.15, 0.2) is 0 Å². The molecular formula is C10H23N3O3. The van der Waals surface area contributed by atoms with Crippen molar-refractivity contribution in [1.29, 1.82) is 0 Å². The molecule has 0 radical (unpaired) electrons. The molecule has 0 saturated heterocycles. The van der Waals surface area contributed by atoms with Crippen LogP contribution < -0.4 is 11.1 Å². The number of ether oxygens (including phenoxy) is 2. The molecule has 0 aromatic heterocycles. The predicted molar refractivity (Wildman–Crippen MR) is 62.2 cm³/mol. The Morgan fingerprint density at radius 3 is 2.62 bits per heavy atom. The third kappa shape index (κ3) is 7.58. The SMILES string of the molecule is COCCN(C)CCNC(=O)C(N)COC. The van der Waals surface area contributed by atoms with Crippen molar-refractivity contribution in [2.45, 2.75) is 6.04 Å². The molecule has 6 nitrogen and oxygen atoms in total. The molecule has 0 saturated carbocycles. The van der Waals surface area contributed by atoms with Gasteiger partial charge in [0, 0.05) is 33.9 Å². The lowest BCUT2D eigenvalue weighted by molar-refractivity contribution is -0.123. The van der Waals surface area contributed by atoms with Gasteiger partial charge in [0.15, 0.2) is 0 Å². The summed E-state index contributed by atoms with van der Waals surface area (Å²) < 4.78 is 9.74. The van der Waals surface area contributed by atoms with Gasteiger partial charge in [-0.25, -0.2) is 0 Å². The molecule has 0 aliphatic heterocycles. The minimum absolute atomic E-state index is 0.179. The normalized spacial score (nSPS) is 12.8. The summed E-state index contributed by atoms with van der Waals surface area (Å²) in [6.07, 6.45) is 0. The standard InChI is InChI=1S/C10H23N3O3/c1-13(6-7-15-2)5-4-12-10(14)9(11)8-16-3/h9H,4-8,11H2,1-3H3,(H,12,14). The maximum Gasteiger partial charge on any atom is 0.239 e. The Bertz CT molecular complexity index is 190. The van der Waals surface area contributed by atoms with Crippen LogP contribution >= 0.6 is 0 Å². The van der Waals surface area contributed by atoms with Crippen molar-refractivity contribution < 1.29 is 14.3 Å². The van der Waals surface area contributed by atoms with Crippen molar-refractivity contribution in [3.8, 4) is 0 Å². The Hall–Kier alpha value is -0.690. The third-order valence-corrected chi connectivity index (χ3v) is 2.15. The predicted octanol–water partition coefficient (Wildman–Crippen LogP) is -1.35. The number of hydrogen-bond acceptors (Lipinski definition) is 5. The molecule has 1 unspecified atom stereocenters. The molecular weight excluding hydrogens is 210 g/mol. The molecule has 0 bridgehead atoms. The molecule has 0 aliphatic rings. The van der Waals surface area contributed by atoms with Crippen LogP contribution in [-0.4, -0.2) is 71.0 Å². The maximum atomic E-state index is 11.4. The Balaban J connectivity index is 3.53. The second-order valence-corrected chi connectivity index (χ2v) is 3.65. The lowest BCUT2D eigenvalue weighted by Crippen LogP contribution is -2.45. The summed E-state index contributed by atoms with van der Waals surface area (Å²) in [5.41, 5.74) is 5.55. The first-order chi connectivity index (χ1) is 7.61. The Kier molecular flexibility index (Phi) is 9.12. The van der Waals surface area contributed by atoms with Gasteiger partial charge in [0.1, 0.15) is 6.04 Å². The second kappa shape index (κ2) is 9.53. The lowest BCUT2D eigenvalue weighted by Gasteiger charge is -2.17. The van der Waals surface area contributed by atoms with E-state index in [1.165, 1.54) is 7.11 Å². The first-order valence-electron chi connectivity index (χ1n) is 5.31. The zero-order chi connectivity index (χ0) is 12.4. The first-order valence-corrected chi connectivity index (χ1v) is 5.31. The molecule has 1 amide bonds. The van der Waals surface area contributed by atoms with Gasteiger partial charge < -0.3 is 25.4 Å². The van der Waals surface area contributed by atoms with Gasteiger partial charge in [-0.05, 0) is 7.05 Å². The molecule has 0 spiro atoms. The number of carbonyl (C=O) groups excluding carboxylic acids is 1. The summed E-state index contributed by atoms with van der Waals surface area (Å²) in [4.78, 5) is 13.4. The molecule has 0 aromatic carbocycles. The van der Waals surface area contributed by atoms with Crippen LogP contribution in [0, 0.1) is 0 Å². The largest absolute Gasteiger partial charge is 0.383 e. The highest BCUT2D eigenvalue weighted by atomic mass is 16.5. The summed E-state index contributed by atoms with van der Waals surface area (Å²) >= 11 is 0. The average molecular weight is 233 g/mol. The van der Waals surface area contributed by atoms with E-state index in [1.807, 2.05) is 7.05 Å². The summed E-state index contributed by atoms with van der Waals surface area (Å²) in [5.74, 6) is -0.179. The van der Waals surface area contributed by atoms with Gasteiger partial charge in [-0.3, -0.25) is 4.79 Å². The number of nitrogens with one attached hydrogen (secondary N) is 1.